The second-order valence-corrected chi connectivity index (χ2v) is 12.9. The van der Waals surface area contributed by atoms with Crippen molar-refractivity contribution in [2.45, 2.75) is 79.9 Å². The van der Waals surface area contributed by atoms with Crippen LogP contribution in [0, 0.1) is 40.9 Å². The smallest absolute Gasteiger partial charge is 0.257 e. The van der Waals surface area contributed by atoms with Crippen molar-refractivity contribution < 1.29 is 19.8 Å². The van der Waals surface area contributed by atoms with Gasteiger partial charge in [0.25, 0.3) is 5.91 Å². The number of hydrogen-bond donors (Lipinski definition) is 3. The third-order valence-electron chi connectivity index (χ3n) is 9.35. The minimum atomic E-state index is -1.65. The molecule has 206 valence electrons. The average Bonchev–Trinajstić information content (AvgIpc) is 3.11. The molecule has 1 fully saturated rings. The van der Waals surface area contributed by atoms with Crippen molar-refractivity contribution in [3.05, 3.63) is 64.8 Å². The van der Waals surface area contributed by atoms with Crippen LogP contribution in [0.2, 0.25) is 0 Å². The monoisotopic (exact) mass is 519 g/mol. The molecular weight excluding hydrogens is 474 g/mol. The number of carbonyl (C=O) groups excluding carboxylic acids is 2. The molecule has 8 atom stereocenters. The van der Waals surface area contributed by atoms with Gasteiger partial charge in [0.2, 0.25) is 0 Å². The second kappa shape index (κ2) is 10.5. The molecule has 8 unspecified atom stereocenters. The number of aromatic hydroxyl groups is 1. The van der Waals surface area contributed by atoms with Gasteiger partial charge in [0, 0.05) is 18.3 Å². The molecule has 0 radical (unpaired) electrons. The highest BCUT2D eigenvalue weighted by Gasteiger charge is 2.55. The quantitative estimate of drug-likeness (QED) is 0.299. The lowest BCUT2D eigenvalue weighted by molar-refractivity contribution is -0.130. The zero-order valence-electron chi connectivity index (χ0n) is 24.0. The van der Waals surface area contributed by atoms with E-state index in [9.17, 15) is 19.8 Å². The lowest BCUT2D eigenvalue weighted by Gasteiger charge is -2.54. The highest BCUT2D eigenvalue weighted by Crippen LogP contribution is 2.58. The number of benzene rings is 1. The third-order valence-corrected chi connectivity index (χ3v) is 9.35. The fraction of sp³-hybridized carbons (Fsp3) is 0.576. The molecule has 0 bridgehead atoms. The number of rotatable bonds is 7. The molecule has 1 aliphatic heterocycles. The number of phenolic OH excluding ortho intramolecular Hbond substituents is 1. The van der Waals surface area contributed by atoms with E-state index in [0.717, 1.165) is 24.8 Å². The van der Waals surface area contributed by atoms with E-state index >= 15 is 0 Å². The van der Waals surface area contributed by atoms with Crippen molar-refractivity contribution in [2.24, 2.45) is 40.9 Å². The molecule has 1 heterocycles. The van der Waals surface area contributed by atoms with Crippen LogP contribution in [0.3, 0.4) is 0 Å². The van der Waals surface area contributed by atoms with Gasteiger partial charge in [-0.3, -0.25) is 9.59 Å². The molecule has 3 N–H and O–H groups in total. The first-order chi connectivity index (χ1) is 17.8. The Morgan fingerprint density at radius 3 is 2.50 bits per heavy atom. The number of phenols is 1. The Morgan fingerprint density at radius 2 is 1.87 bits per heavy atom. The van der Waals surface area contributed by atoms with E-state index in [4.69, 9.17) is 0 Å². The predicted octanol–water partition coefficient (Wildman–Crippen LogP) is 6.12. The van der Waals surface area contributed by atoms with Gasteiger partial charge in [0.05, 0.1) is 5.57 Å². The van der Waals surface area contributed by atoms with Crippen LogP contribution < -0.4 is 5.32 Å². The van der Waals surface area contributed by atoms with Crippen LogP contribution in [0.1, 0.15) is 73.3 Å². The molecular formula is C33H45NO4. The number of hydrogen-bond acceptors (Lipinski definition) is 4. The topological polar surface area (TPSA) is 86.6 Å². The largest absolute Gasteiger partial charge is 0.508 e. The van der Waals surface area contributed by atoms with Gasteiger partial charge >= 0.3 is 0 Å². The van der Waals surface area contributed by atoms with Gasteiger partial charge in [-0.1, -0.05) is 76.5 Å². The Kier molecular flexibility index (Phi) is 7.82. The first-order valence-electron chi connectivity index (χ1n) is 14.2. The number of Topliss-reactive ketones (excluding diaryl/α,β-unsaturated/α-hetero) is 1. The number of fused-ring (bicyclic) bond motifs is 1. The first-order valence-corrected chi connectivity index (χ1v) is 14.2. The van der Waals surface area contributed by atoms with Gasteiger partial charge in [-0.05, 0) is 79.5 Å². The van der Waals surface area contributed by atoms with Gasteiger partial charge in [0.15, 0.2) is 11.5 Å². The Morgan fingerprint density at radius 1 is 1.21 bits per heavy atom. The standard InChI is InChI=1S/C33H45NO4/c1-8-19(2)13-21(4)27-23(6)16-32(7)15-20(3)14-22(5)29(32)28(27)30(36)26-18-33(38,34-31(26)37)17-24-9-11-25(35)12-10-24/h9-13,16,18-20,22,27-29,35,38H,8,14-15,17H2,1-7H3,(H,34,37)/b21-13+. The summed E-state index contributed by atoms with van der Waals surface area (Å²) < 4.78 is 0. The van der Waals surface area contributed by atoms with Crippen LogP contribution >= 0.6 is 0 Å². The molecule has 1 aromatic rings. The van der Waals surface area contributed by atoms with E-state index in [1.807, 2.05) is 0 Å². The third kappa shape index (κ3) is 5.40. The van der Waals surface area contributed by atoms with Gasteiger partial charge in [-0.25, -0.2) is 0 Å². The Labute approximate surface area is 228 Å². The minimum Gasteiger partial charge on any atom is -0.508 e. The summed E-state index contributed by atoms with van der Waals surface area (Å²) in [7, 11) is 0. The average molecular weight is 520 g/mol. The highest BCUT2D eigenvalue weighted by atomic mass is 16.3. The fourth-order valence-electron chi connectivity index (χ4n) is 8.04. The molecule has 4 rings (SSSR count). The Balaban J connectivity index is 1.77. The van der Waals surface area contributed by atoms with Crippen LogP contribution in [-0.2, 0) is 16.0 Å². The second-order valence-electron chi connectivity index (χ2n) is 12.9. The summed E-state index contributed by atoms with van der Waals surface area (Å²) in [6, 6.07) is 6.51. The van der Waals surface area contributed by atoms with Crippen molar-refractivity contribution in [2.75, 3.05) is 0 Å². The number of nitrogens with one attached hydrogen (secondary N) is 1. The molecule has 3 aliphatic rings. The molecule has 0 saturated heterocycles. The van der Waals surface area contributed by atoms with E-state index in [1.54, 1.807) is 24.3 Å². The predicted molar refractivity (Wildman–Crippen MR) is 151 cm³/mol. The fourth-order valence-corrected chi connectivity index (χ4v) is 8.04. The van der Waals surface area contributed by atoms with Crippen molar-refractivity contribution in [3.8, 4) is 5.75 Å². The van der Waals surface area contributed by atoms with Crippen LogP contribution in [0.15, 0.2) is 59.2 Å². The van der Waals surface area contributed by atoms with Gasteiger partial charge < -0.3 is 15.5 Å². The maximum absolute atomic E-state index is 14.5. The molecule has 1 amide bonds. The van der Waals surface area contributed by atoms with E-state index < -0.39 is 11.6 Å². The molecule has 1 saturated carbocycles. The normalized spacial score (nSPS) is 36.2. The number of carbonyl (C=O) groups is 2. The molecule has 1 aromatic carbocycles. The maximum atomic E-state index is 14.5. The van der Waals surface area contributed by atoms with Crippen LogP contribution in [0.25, 0.3) is 0 Å². The minimum absolute atomic E-state index is 0.0649. The molecule has 5 nitrogen and oxygen atoms in total. The summed E-state index contributed by atoms with van der Waals surface area (Å²) in [5, 5.41) is 23.6. The zero-order valence-corrected chi connectivity index (χ0v) is 24.0. The van der Waals surface area contributed by atoms with E-state index in [0.29, 0.717) is 17.8 Å². The van der Waals surface area contributed by atoms with E-state index in [-0.39, 0.29) is 46.7 Å². The van der Waals surface area contributed by atoms with Crippen molar-refractivity contribution in [3.63, 3.8) is 0 Å². The van der Waals surface area contributed by atoms with E-state index in [1.165, 1.54) is 17.2 Å². The Bertz CT molecular complexity index is 1180. The molecule has 0 aromatic heterocycles. The number of allylic oxidation sites excluding steroid dienone is 4. The zero-order chi connectivity index (χ0) is 28.0. The number of aliphatic hydroxyl groups is 1. The number of ketones is 1. The summed E-state index contributed by atoms with van der Waals surface area (Å²) in [5.41, 5.74) is 1.45. The van der Waals surface area contributed by atoms with E-state index in [2.05, 4.69) is 65.9 Å². The SMILES string of the molecule is CCC(C)/C=C(\C)C1C(C)=CC2(C)CC(C)CC(C)C2C1C(=O)C1=CC(O)(Cc2ccc(O)cc2)NC1=O. The van der Waals surface area contributed by atoms with Gasteiger partial charge in [-0.15, -0.1) is 0 Å². The summed E-state index contributed by atoms with van der Waals surface area (Å²) in [6.07, 6.45) is 9.40. The van der Waals surface area contributed by atoms with Crippen LogP contribution in [0.4, 0.5) is 0 Å². The molecule has 38 heavy (non-hydrogen) atoms. The number of amides is 1. The maximum Gasteiger partial charge on any atom is 0.257 e. The molecule has 2 aliphatic carbocycles. The summed E-state index contributed by atoms with van der Waals surface area (Å²) in [5.74, 6) is 0.464. The van der Waals surface area contributed by atoms with Gasteiger partial charge in [-0.2, -0.15) is 0 Å². The first kappa shape index (κ1) is 28.4. The molecule has 0 spiro atoms. The van der Waals surface area contributed by atoms with Crippen LogP contribution in [-0.4, -0.2) is 27.6 Å². The Hall–Kier alpha value is -2.66. The lowest BCUT2D eigenvalue weighted by atomic mass is 9.49. The summed E-state index contributed by atoms with van der Waals surface area (Å²) >= 11 is 0. The van der Waals surface area contributed by atoms with Crippen molar-refractivity contribution in [1.82, 2.24) is 5.32 Å². The summed E-state index contributed by atoms with van der Waals surface area (Å²) in [4.78, 5) is 27.8. The van der Waals surface area contributed by atoms with Crippen LogP contribution in [0.5, 0.6) is 5.75 Å². The molecule has 5 heteroatoms. The lowest BCUT2D eigenvalue weighted by Crippen LogP contribution is -2.51. The highest BCUT2D eigenvalue weighted by molar-refractivity contribution is 6.22. The summed E-state index contributed by atoms with van der Waals surface area (Å²) in [6.45, 7) is 15.5. The van der Waals surface area contributed by atoms with Crippen molar-refractivity contribution >= 4 is 11.7 Å². The van der Waals surface area contributed by atoms with Crippen molar-refractivity contribution in [1.29, 1.82) is 0 Å². The van der Waals surface area contributed by atoms with Gasteiger partial charge in [0.1, 0.15) is 5.75 Å².